The smallest absolute Gasteiger partial charge is 0.270 e. The number of fused-ring (bicyclic) bond motifs is 1. The lowest BCUT2D eigenvalue weighted by Gasteiger charge is -2.34. The van der Waals surface area contributed by atoms with E-state index in [0.717, 1.165) is 24.0 Å². The van der Waals surface area contributed by atoms with Crippen molar-refractivity contribution in [2.45, 2.75) is 24.9 Å². The Balaban J connectivity index is 1.75. The van der Waals surface area contributed by atoms with Gasteiger partial charge in [0, 0.05) is 17.7 Å². The average molecular weight is 326 g/mol. The molecule has 1 amide bonds. The van der Waals surface area contributed by atoms with Crippen molar-refractivity contribution in [3.8, 4) is 0 Å². The Hall–Kier alpha value is -2.73. The van der Waals surface area contributed by atoms with Crippen LogP contribution >= 0.6 is 0 Å². The van der Waals surface area contributed by atoms with E-state index in [4.69, 9.17) is 0 Å². The number of hydrogen-bond acceptors (Lipinski definition) is 4. The fraction of sp³-hybridized carbons (Fsp3) is 0.278. The number of non-ortho nitro benzene ring substituents is 1. The van der Waals surface area contributed by atoms with Gasteiger partial charge in [0.2, 0.25) is 0 Å². The Morgan fingerprint density at radius 2 is 2.04 bits per heavy atom. The molecule has 124 valence electrons. The second-order valence-electron chi connectivity index (χ2n) is 6.03. The zero-order valence-corrected chi connectivity index (χ0v) is 13.1. The lowest BCUT2D eigenvalue weighted by atomic mass is 9.79. The Morgan fingerprint density at radius 3 is 2.83 bits per heavy atom. The van der Waals surface area contributed by atoms with Gasteiger partial charge in [-0.25, -0.2) is 0 Å². The summed E-state index contributed by atoms with van der Waals surface area (Å²) in [5.74, 6) is -0.435. The van der Waals surface area contributed by atoms with Crippen LogP contribution in [0.3, 0.4) is 0 Å². The van der Waals surface area contributed by atoms with Crippen LogP contribution in [0.15, 0.2) is 48.5 Å². The first-order chi connectivity index (χ1) is 11.5. The summed E-state index contributed by atoms with van der Waals surface area (Å²) in [6.07, 6.45) is 2.33. The van der Waals surface area contributed by atoms with E-state index in [9.17, 15) is 20.0 Å². The Bertz CT molecular complexity index is 790. The third-order valence-corrected chi connectivity index (χ3v) is 4.42. The maximum Gasteiger partial charge on any atom is 0.270 e. The Kier molecular flexibility index (Phi) is 4.31. The van der Waals surface area contributed by atoms with Crippen LogP contribution in [-0.4, -0.2) is 22.5 Å². The molecule has 1 atom stereocenters. The maximum absolute atomic E-state index is 12.3. The van der Waals surface area contributed by atoms with E-state index < -0.39 is 16.4 Å². The molecule has 0 fully saturated rings. The van der Waals surface area contributed by atoms with Crippen LogP contribution in [0.2, 0.25) is 0 Å². The number of nitrogens with one attached hydrogen (secondary N) is 1. The molecule has 2 aromatic rings. The summed E-state index contributed by atoms with van der Waals surface area (Å²) < 4.78 is 0. The van der Waals surface area contributed by atoms with Gasteiger partial charge in [-0.15, -0.1) is 0 Å². The molecule has 2 aromatic carbocycles. The van der Waals surface area contributed by atoms with Gasteiger partial charge in [0.15, 0.2) is 0 Å². The van der Waals surface area contributed by atoms with Crippen LogP contribution in [0.1, 0.15) is 34.3 Å². The Morgan fingerprint density at radius 1 is 1.25 bits per heavy atom. The third kappa shape index (κ3) is 3.14. The summed E-state index contributed by atoms with van der Waals surface area (Å²) >= 11 is 0. The molecule has 1 aliphatic carbocycles. The van der Waals surface area contributed by atoms with Gasteiger partial charge in [-0.05, 0) is 36.5 Å². The van der Waals surface area contributed by atoms with Gasteiger partial charge < -0.3 is 10.4 Å². The SMILES string of the molecule is O=C(NCC1(O)CCCc2ccccc21)c1cccc([N+](=O)[O-])c1. The third-order valence-electron chi connectivity index (χ3n) is 4.42. The van der Waals surface area contributed by atoms with Crippen molar-refractivity contribution in [1.29, 1.82) is 0 Å². The number of hydrogen-bond donors (Lipinski definition) is 2. The second kappa shape index (κ2) is 6.41. The predicted octanol–water partition coefficient (Wildman–Crippen LogP) is 2.55. The van der Waals surface area contributed by atoms with Gasteiger partial charge in [0.05, 0.1) is 11.5 Å². The molecular formula is C18H18N2O4. The maximum atomic E-state index is 12.3. The lowest BCUT2D eigenvalue weighted by molar-refractivity contribution is -0.384. The molecule has 24 heavy (non-hydrogen) atoms. The van der Waals surface area contributed by atoms with Crippen LogP contribution < -0.4 is 5.32 Å². The molecule has 6 heteroatoms. The van der Waals surface area contributed by atoms with Crippen molar-refractivity contribution in [2.24, 2.45) is 0 Å². The van der Waals surface area contributed by atoms with Gasteiger partial charge >= 0.3 is 0 Å². The standard InChI is InChI=1S/C18H18N2O4/c21-17(14-6-3-8-15(11-14)20(23)24)19-12-18(22)10-4-7-13-5-1-2-9-16(13)18/h1-3,5-6,8-9,11,22H,4,7,10,12H2,(H,19,21). The highest BCUT2D eigenvalue weighted by atomic mass is 16.6. The molecule has 0 saturated carbocycles. The van der Waals surface area contributed by atoms with Crippen molar-refractivity contribution in [1.82, 2.24) is 5.32 Å². The number of aliphatic hydroxyl groups is 1. The molecule has 1 aliphatic rings. The monoisotopic (exact) mass is 326 g/mol. The Labute approximate surface area is 139 Å². The van der Waals surface area contributed by atoms with Crippen molar-refractivity contribution in [3.05, 3.63) is 75.3 Å². The number of rotatable bonds is 4. The highest BCUT2D eigenvalue weighted by Gasteiger charge is 2.34. The quantitative estimate of drug-likeness (QED) is 0.667. The second-order valence-corrected chi connectivity index (χ2v) is 6.03. The van der Waals surface area contributed by atoms with Gasteiger partial charge in [0.1, 0.15) is 5.60 Å². The first-order valence-electron chi connectivity index (χ1n) is 7.83. The minimum Gasteiger partial charge on any atom is -0.383 e. The summed E-state index contributed by atoms with van der Waals surface area (Å²) in [6.45, 7) is 0.0749. The number of aryl methyl sites for hydroxylation is 1. The molecule has 0 heterocycles. The molecular weight excluding hydrogens is 308 g/mol. The molecule has 0 aromatic heterocycles. The number of carbonyl (C=O) groups excluding carboxylic acids is 1. The first-order valence-corrected chi connectivity index (χ1v) is 7.83. The molecule has 6 nitrogen and oxygen atoms in total. The molecule has 2 N–H and O–H groups in total. The number of nitro groups is 1. The van der Waals surface area contributed by atoms with E-state index in [0.29, 0.717) is 6.42 Å². The zero-order chi connectivity index (χ0) is 17.2. The summed E-state index contributed by atoms with van der Waals surface area (Å²) in [4.78, 5) is 22.5. The molecule has 0 aliphatic heterocycles. The van der Waals surface area contributed by atoms with E-state index in [-0.39, 0.29) is 17.8 Å². The summed E-state index contributed by atoms with van der Waals surface area (Å²) in [5.41, 5.74) is 0.901. The van der Waals surface area contributed by atoms with Crippen molar-refractivity contribution < 1.29 is 14.8 Å². The number of benzene rings is 2. The van der Waals surface area contributed by atoms with E-state index in [1.807, 2.05) is 24.3 Å². The zero-order valence-electron chi connectivity index (χ0n) is 13.1. The van der Waals surface area contributed by atoms with Gasteiger partial charge in [0.25, 0.3) is 11.6 Å². The van der Waals surface area contributed by atoms with Gasteiger partial charge in [-0.3, -0.25) is 14.9 Å². The van der Waals surface area contributed by atoms with Crippen LogP contribution in [0.4, 0.5) is 5.69 Å². The predicted molar refractivity (Wildman–Crippen MR) is 88.7 cm³/mol. The number of nitrogens with zero attached hydrogens (tertiary/aromatic N) is 1. The van der Waals surface area contributed by atoms with Crippen LogP contribution in [-0.2, 0) is 12.0 Å². The van der Waals surface area contributed by atoms with Crippen molar-refractivity contribution in [3.63, 3.8) is 0 Å². The van der Waals surface area contributed by atoms with Crippen LogP contribution in [0, 0.1) is 10.1 Å². The van der Waals surface area contributed by atoms with Gasteiger partial charge in [-0.1, -0.05) is 30.3 Å². The van der Waals surface area contributed by atoms with Gasteiger partial charge in [-0.2, -0.15) is 0 Å². The molecule has 1 unspecified atom stereocenters. The van der Waals surface area contributed by atoms with E-state index >= 15 is 0 Å². The number of nitro benzene ring substituents is 1. The first kappa shape index (κ1) is 16.1. The summed E-state index contributed by atoms with van der Waals surface area (Å²) in [5, 5.41) is 24.4. The molecule has 0 radical (unpaired) electrons. The van der Waals surface area contributed by atoms with Crippen molar-refractivity contribution in [2.75, 3.05) is 6.54 Å². The summed E-state index contributed by atoms with van der Waals surface area (Å²) in [7, 11) is 0. The highest BCUT2D eigenvalue weighted by molar-refractivity contribution is 5.94. The van der Waals surface area contributed by atoms with Crippen LogP contribution in [0.5, 0.6) is 0 Å². The topological polar surface area (TPSA) is 92.5 Å². The fourth-order valence-corrected chi connectivity index (χ4v) is 3.17. The average Bonchev–Trinajstić information content (AvgIpc) is 2.60. The highest BCUT2D eigenvalue weighted by Crippen LogP contribution is 2.34. The lowest BCUT2D eigenvalue weighted by Crippen LogP contribution is -2.43. The van der Waals surface area contributed by atoms with E-state index in [1.165, 1.54) is 24.3 Å². The summed E-state index contributed by atoms with van der Waals surface area (Å²) in [6, 6.07) is 13.2. The fourth-order valence-electron chi connectivity index (χ4n) is 3.17. The van der Waals surface area contributed by atoms with E-state index in [1.54, 1.807) is 0 Å². The van der Waals surface area contributed by atoms with E-state index in [2.05, 4.69) is 5.32 Å². The molecule has 0 bridgehead atoms. The number of amides is 1. The minimum absolute atomic E-state index is 0.0749. The van der Waals surface area contributed by atoms with Crippen molar-refractivity contribution >= 4 is 11.6 Å². The normalized spacial score (nSPS) is 19.4. The molecule has 3 rings (SSSR count). The van der Waals surface area contributed by atoms with Crippen LogP contribution in [0.25, 0.3) is 0 Å². The molecule has 0 saturated heterocycles. The minimum atomic E-state index is -1.11. The number of carbonyl (C=O) groups is 1. The molecule has 0 spiro atoms. The largest absolute Gasteiger partial charge is 0.383 e.